The molecule has 0 unspecified atom stereocenters. The highest BCUT2D eigenvalue weighted by Gasteiger charge is 2.12. The lowest BCUT2D eigenvalue weighted by Crippen LogP contribution is -2.32. The molecule has 0 amide bonds. The second-order valence-electron chi connectivity index (χ2n) is 3.69. The third kappa shape index (κ3) is 3.17. The number of H-pyrrole nitrogens is 2. The Balaban J connectivity index is 1.68. The number of nitrogens with zero attached hydrogens (tertiary/aromatic N) is 1. The molecule has 0 saturated carbocycles. The molecule has 6 heteroatoms. The van der Waals surface area contributed by atoms with E-state index in [1.807, 2.05) is 0 Å². The van der Waals surface area contributed by atoms with Crippen molar-refractivity contribution in [1.82, 2.24) is 20.5 Å². The molecule has 0 atom stereocenters. The molecule has 1 saturated heterocycles. The molecule has 6 nitrogen and oxygen atoms in total. The van der Waals surface area contributed by atoms with Crippen LogP contribution in [0.15, 0.2) is 4.79 Å². The van der Waals surface area contributed by atoms with Gasteiger partial charge in [0.05, 0.1) is 12.7 Å². The van der Waals surface area contributed by atoms with Crippen LogP contribution in [0.3, 0.4) is 0 Å². The zero-order valence-corrected chi connectivity index (χ0v) is 8.58. The summed E-state index contributed by atoms with van der Waals surface area (Å²) in [6, 6.07) is 0. The third-order valence-corrected chi connectivity index (χ3v) is 2.53. The summed E-state index contributed by atoms with van der Waals surface area (Å²) in [5.41, 5.74) is -0.258. The predicted molar refractivity (Wildman–Crippen MR) is 54.8 cm³/mol. The quantitative estimate of drug-likeness (QED) is 0.623. The summed E-state index contributed by atoms with van der Waals surface area (Å²) in [4.78, 5) is 13.3. The van der Waals surface area contributed by atoms with Crippen molar-refractivity contribution in [2.24, 2.45) is 0 Å². The Morgan fingerprint density at radius 2 is 2.20 bits per heavy atom. The van der Waals surface area contributed by atoms with Crippen LogP contribution in [0.25, 0.3) is 0 Å². The average Bonchev–Trinajstić information content (AvgIpc) is 2.66. The third-order valence-electron chi connectivity index (χ3n) is 2.53. The van der Waals surface area contributed by atoms with Gasteiger partial charge in [-0.05, 0) is 25.9 Å². The molecule has 0 radical (unpaired) electrons. The topological polar surface area (TPSA) is 82.8 Å². The number of rotatable bonds is 4. The summed E-state index contributed by atoms with van der Waals surface area (Å²) in [5.74, 6) is 0.661. The van der Waals surface area contributed by atoms with Crippen molar-refractivity contribution >= 4 is 0 Å². The number of ether oxygens (including phenoxy) is 1. The van der Waals surface area contributed by atoms with Gasteiger partial charge in [0, 0.05) is 6.42 Å². The molecule has 0 bridgehead atoms. The van der Waals surface area contributed by atoms with Gasteiger partial charge in [0.15, 0.2) is 0 Å². The highest BCUT2D eigenvalue weighted by Crippen LogP contribution is 2.07. The lowest BCUT2D eigenvalue weighted by Gasteiger charge is -2.22. The summed E-state index contributed by atoms with van der Waals surface area (Å²) in [5, 5.41) is 9.42. The summed E-state index contributed by atoms with van der Waals surface area (Å²) in [7, 11) is 0. The van der Waals surface area contributed by atoms with Crippen molar-refractivity contribution in [2.45, 2.75) is 25.4 Å². The Morgan fingerprint density at radius 1 is 1.40 bits per heavy atom. The van der Waals surface area contributed by atoms with Crippen molar-refractivity contribution in [1.29, 1.82) is 0 Å². The average molecular weight is 212 g/mol. The maximum atomic E-state index is 10.7. The Hall–Kier alpha value is -1.14. The normalized spacial score (nSPS) is 18.1. The molecule has 2 heterocycles. The van der Waals surface area contributed by atoms with Gasteiger partial charge in [-0.15, -0.1) is 0 Å². The van der Waals surface area contributed by atoms with E-state index in [1.165, 1.54) is 0 Å². The smallest absolute Gasteiger partial charge is 0.340 e. The molecule has 84 valence electrons. The maximum Gasteiger partial charge on any atom is 0.340 e. The van der Waals surface area contributed by atoms with Crippen molar-refractivity contribution in [3.8, 4) is 0 Å². The van der Waals surface area contributed by atoms with E-state index in [0.717, 1.165) is 25.9 Å². The van der Waals surface area contributed by atoms with Gasteiger partial charge in [-0.3, -0.25) is 4.98 Å². The Bertz CT molecular complexity index is 340. The lowest BCUT2D eigenvalue weighted by molar-refractivity contribution is 0.0342. The van der Waals surface area contributed by atoms with E-state index in [9.17, 15) is 4.79 Å². The van der Waals surface area contributed by atoms with E-state index in [2.05, 4.69) is 20.5 Å². The Kier molecular flexibility index (Phi) is 3.52. The van der Waals surface area contributed by atoms with Crippen molar-refractivity contribution in [3.63, 3.8) is 0 Å². The summed E-state index contributed by atoms with van der Waals surface area (Å²) in [6.45, 7) is 2.68. The number of aromatic amines is 2. The number of piperidine rings is 1. The van der Waals surface area contributed by atoms with Gasteiger partial charge in [0.25, 0.3) is 0 Å². The zero-order valence-electron chi connectivity index (χ0n) is 8.58. The minimum absolute atomic E-state index is 0.258. The largest absolute Gasteiger partial charge is 0.378 e. The van der Waals surface area contributed by atoms with Crippen molar-refractivity contribution in [3.05, 3.63) is 16.3 Å². The van der Waals surface area contributed by atoms with E-state index < -0.39 is 0 Å². The van der Waals surface area contributed by atoms with Gasteiger partial charge >= 0.3 is 5.69 Å². The van der Waals surface area contributed by atoms with E-state index in [0.29, 0.717) is 25.0 Å². The van der Waals surface area contributed by atoms with Gasteiger partial charge in [-0.1, -0.05) is 0 Å². The van der Waals surface area contributed by atoms with Crippen LogP contribution in [-0.2, 0) is 11.2 Å². The van der Waals surface area contributed by atoms with Gasteiger partial charge in [0.1, 0.15) is 5.82 Å². The van der Waals surface area contributed by atoms with E-state index in [4.69, 9.17) is 4.74 Å². The van der Waals surface area contributed by atoms with Crippen LogP contribution in [-0.4, -0.2) is 41.0 Å². The predicted octanol–water partition coefficient (Wildman–Crippen LogP) is -0.591. The SMILES string of the molecule is O=c1[nH]nc(CCOC2CCNCC2)[nH]1. The highest BCUT2D eigenvalue weighted by molar-refractivity contribution is 4.80. The number of nitrogens with one attached hydrogen (secondary N) is 3. The summed E-state index contributed by atoms with van der Waals surface area (Å²) >= 11 is 0. The summed E-state index contributed by atoms with van der Waals surface area (Å²) < 4.78 is 5.68. The first-order valence-electron chi connectivity index (χ1n) is 5.30. The van der Waals surface area contributed by atoms with Crippen molar-refractivity contribution in [2.75, 3.05) is 19.7 Å². The van der Waals surface area contributed by atoms with E-state index in [-0.39, 0.29) is 5.69 Å². The Morgan fingerprint density at radius 3 is 2.87 bits per heavy atom. The molecular weight excluding hydrogens is 196 g/mol. The zero-order chi connectivity index (χ0) is 10.5. The van der Waals surface area contributed by atoms with Gasteiger partial charge in [-0.25, -0.2) is 9.89 Å². The van der Waals surface area contributed by atoms with Gasteiger partial charge in [0.2, 0.25) is 0 Å². The van der Waals surface area contributed by atoms with Crippen LogP contribution >= 0.6 is 0 Å². The van der Waals surface area contributed by atoms with E-state index >= 15 is 0 Å². The fourth-order valence-corrected chi connectivity index (χ4v) is 1.71. The monoisotopic (exact) mass is 212 g/mol. The second-order valence-corrected chi connectivity index (χ2v) is 3.69. The van der Waals surface area contributed by atoms with Crippen LogP contribution in [0, 0.1) is 0 Å². The fraction of sp³-hybridized carbons (Fsp3) is 0.778. The number of hydrogen-bond donors (Lipinski definition) is 3. The molecule has 15 heavy (non-hydrogen) atoms. The molecule has 0 spiro atoms. The second kappa shape index (κ2) is 5.09. The van der Waals surface area contributed by atoms with E-state index in [1.54, 1.807) is 0 Å². The molecule has 1 fully saturated rings. The first kappa shape index (κ1) is 10.4. The van der Waals surface area contributed by atoms with Crippen molar-refractivity contribution < 1.29 is 4.74 Å². The van der Waals surface area contributed by atoms with Crippen LogP contribution < -0.4 is 11.0 Å². The number of aromatic nitrogens is 3. The van der Waals surface area contributed by atoms with Crippen LogP contribution in [0.5, 0.6) is 0 Å². The minimum Gasteiger partial charge on any atom is -0.378 e. The lowest BCUT2D eigenvalue weighted by atomic mass is 10.1. The molecule has 1 aliphatic heterocycles. The molecule has 3 N–H and O–H groups in total. The van der Waals surface area contributed by atoms with Gasteiger partial charge in [-0.2, -0.15) is 5.10 Å². The standard InChI is InChI=1S/C9H16N4O2/c14-9-11-8(12-13-9)3-6-15-7-1-4-10-5-2-7/h7,10H,1-6H2,(H2,11,12,13,14). The van der Waals surface area contributed by atoms with Crippen LogP contribution in [0.2, 0.25) is 0 Å². The first-order valence-corrected chi connectivity index (χ1v) is 5.30. The molecule has 2 rings (SSSR count). The van der Waals surface area contributed by atoms with Crippen LogP contribution in [0.4, 0.5) is 0 Å². The minimum atomic E-state index is -0.258. The molecule has 0 aliphatic carbocycles. The fourth-order valence-electron chi connectivity index (χ4n) is 1.71. The summed E-state index contributed by atoms with van der Waals surface area (Å²) in [6.07, 6.45) is 3.15. The molecule has 1 aromatic heterocycles. The van der Waals surface area contributed by atoms with Gasteiger partial charge < -0.3 is 10.1 Å². The molecule has 1 aliphatic rings. The molecule has 0 aromatic carbocycles. The maximum absolute atomic E-state index is 10.7. The highest BCUT2D eigenvalue weighted by atomic mass is 16.5. The first-order chi connectivity index (χ1) is 7.34. The molecular formula is C9H16N4O2. The molecule has 1 aromatic rings. The number of hydrogen-bond acceptors (Lipinski definition) is 4. The Labute approximate surface area is 87.4 Å². The van der Waals surface area contributed by atoms with Crippen LogP contribution in [0.1, 0.15) is 18.7 Å².